The van der Waals surface area contributed by atoms with Gasteiger partial charge in [-0.15, -0.1) is 0 Å². The van der Waals surface area contributed by atoms with Crippen molar-refractivity contribution >= 4 is 39.1 Å². The smallest absolute Gasteiger partial charge is 0.221 e. The molecule has 1 rings (SSSR count). The van der Waals surface area contributed by atoms with Crippen LogP contribution < -0.4 is 10.6 Å². The Hall–Kier alpha value is -1.36. The Morgan fingerprint density at radius 1 is 0.950 bits per heavy atom. The summed E-state index contributed by atoms with van der Waals surface area (Å²) in [7, 11) is 0. The molecule has 5 heteroatoms. The number of anilines is 2. The van der Waals surface area contributed by atoms with Crippen molar-refractivity contribution in [1.29, 1.82) is 0 Å². The fourth-order valence-corrected chi connectivity index (χ4v) is 3.01. The number of amides is 2. The number of hydrogen-bond acceptors (Lipinski definition) is 2. The van der Waals surface area contributed by atoms with Crippen molar-refractivity contribution in [2.45, 2.75) is 47.5 Å². The van der Waals surface area contributed by atoms with Crippen LogP contribution in [0.1, 0.15) is 44.4 Å². The van der Waals surface area contributed by atoms with Crippen molar-refractivity contribution in [3.63, 3.8) is 0 Å². The molecule has 1 aromatic carbocycles. The summed E-state index contributed by atoms with van der Waals surface area (Å²) in [6.45, 7) is 9.00. The first-order valence-corrected chi connectivity index (χ1v) is 7.51. The zero-order chi connectivity index (χ0) is 15.4. The summed E-state index contributed by atoms with van der Waals surface area (Å²) in [5.74, 6) is -0.230. The maximum Gasteiger partial charge on any atom is 0.221 e. The third-order valence-corrected chi connectivity index (χ3v) is 4.26. The third kappa shape index (κ3) is 3.39. The highest BCUT2D eigenvalue weighted by Gasteiger charge is 2.20. The van der Waals surface area contributed by atoms with Crippen LogP contribution in [0.15, 0.2) is 4.47 Å². The van der Waals surface area contributed by atoms with Crippen LogP contribution in [0.2, 0.25) is 0 Å². The van der Waals surface area contributed by atoms with Crippen molar-refractivity contribution < 1.29 is 9.59 Å². The molecule has 0 saturated carbocycles. The number of rotatable bonds is 4. The first-order chi connectivity index (χ1) is 9.33. The van der Waals surface area contributed by atoms with Crippen LogP contribution in [0.25, 0.3) is 0 Å². The molecule has 0 spiro atoms. The minimum absolute atomic E-state index is 0.112. The van der Waals surface area contributed by atoms with E-state index in [1.165, 1.54) is 13.8 Å². The lowest BCUT2D eigenvalue weighted by atomic mass is 9.96. The van der Waals surface area contributed by atoms with Crippen molar-refractivity contribution in [3.05, 3.63) is 21.2 Å². The van der Waals surface area contributed by atoms with Crippen LogP contribution in [0, 0.1) is 6.92 Å². The van der Waals surface area contributed by atoms with Crippen LogP contribution in [0.5, 0.6) is 0 Å². The van der Waals surface area contributed by atoms with Crippen LogP contribution in [0.4, 0.5) is 11.4 Å². The zero-order valence-electron chi connectivity index (χ0n) is 12.6. The van der Waals surface area contributed by atoms with Crippen LogP contribution >= 0.6 is 15.9 Å². The van der Waals surface area contributed by atoms with Gasteiger partial charge >= 0.3 is 0 Å². The average Bonchev–Trinajstić information content (AvgIpc) is 2.35. The number of hydrogen-bond donors (Lipinski definition) is 2. The van der Waals surface area contributed by atoms with E-state index in [0.717, 1.165) is 45.4 Å². The Balaban J connectivity index is 3.64. The Kier molecular flexibility index (Phi) is 5.74. The van der Waals surface area contributed by atoms with Gasteiger partial charge in [-0.05, 0) is 36.5 Å². The Morgan fingerprint density at radius 2 is 1.40 bits per heavy atom. The quantitative estimate of drug-likeness (QED) is 0.875. The molecule has 110 valence electrons. The van der Waals surface area contributed by atoms with Gasteiger partial charge < -0.3 is 10.6 Å². The highest BCUT2D eigenvalue weighted by atomic mass is 79.9. The highest BCUT2D eigenvalue weighted by Crippen LogP contribution is 2.39. The molecule has 0 bridgehead atoms. The Morgan fingerprint density at radius 3 is 1.80 bits per heavy atom. The molecular weight excluding hydrogens is 320 g/mol. The second-order valence-corrected chi connectivity index (χ2v) is 5.51. The fourth-order valence-electron chi connectivity index (χ4n) is 2.34. The molecule has 0 unspecified atom stereocenters. The van der Waals surface area contributed by atoms with Gasteiger partial charge in [-0.25, -0.2) is 0 Å². The van der Waals surface area contributed by atoms with Crippen LogP contribution in [0.3, 0.4) is 0 Å². The molecule has 2 N–H and O–H groups in total. The topological polar surface area (TPSA) is 58.2 Å². The van der Waals surface area contributed by atoms with Crippen molar-refractivity contribution in [2.75, 3.05) is 10.6 Å². The molecule has 4 nitrogen and oxygen atoms in total. The van der Waals surface area contributed by atoms with E-state index in [-0.39, 0.29) is 11.8 Å². The molecule has 0 atom stereocenters. The summed E-state index contributed by atoms with van der Waals surface area (Å²) in [5, 5.41) is 5.78. The molecule has 0 aliphatic rings. The fraction of sp³-hybridized carbons (Fsp3) is 0.467. The van der Waals surface area contributed by atoms with E-state index in [4.69, 9.17) is 0 Å². The number of carbonyl (C=O) groups is 2. The molecule has 0 radical (unpaired) electrons. The first kappa shape index (κ1) is 16.7. The molecule has 2 amide bonds. The number of benzene rings is 1. The first-order valence-electron chi connectivity index (χ1n) is 6.72. The summed E-state index contributed by atoms with van der Waals surface area (Å²) in [5.41, 5.74) is 4.61. The van der Waals surface area contributed by atoms with E-state index >= 15 is 0 Å². The third-order valence-electron chi connectivity index (χ3n) is 3.18. The minimum Gasteiger partial charge on any atom is -0.326 e. The molecule has 0 aliphatic heterocycles. The Bertz CT molecular complexity index is 554. The molecule has 0 fully saturated rings. The van der Waals surface area contributed by atoms with E-state index in [9.17, 15) is 9.59 Å². The molecule has 20 heavy (non-hydrogen) atoms. The van der Waals surface area contributed by atoms with Gasteiger partial charge in [0.25, 0.3) is 0 Å². The van der Waals surface area contributed by atoms with Gasteiger partial charge in [0, 0.05) is 18.3 Å². The SMILES string of the molecule is CCc1c(Br)c(C)c(NC(C)=O)c(CC)c1NC(C)=O. The molecule has 0 heterocycles. The summed E-state index contributed by atoms with van der Waals surface area (Å²) in [6.07, 6.45) is 1.52. The van der Waals surface area contributed by atoms with Crippen LogP contribution in [-0.2, 0) is 22.4 Å². The molecular formula is C15H21BrN2O2. The van der Waals surface area contributed by atoms with E-state index in [0.29, 0.717) is 0 Å². The lowest BCUT2D eigenvalue weighted by Crippen LogP contribution is -2.16. The van der Waals surface area contributed by atoms with Crippen molar-refractivity contribution in [2.24, 2.45) is 0 Å². The average molecular weight is 341 g/mol. The second kappa shape index (κ2) is 6.88. The van der Waals surface area contributed by atoms with Gasteiger partial charge in [-0.3, -0.25) is 9.59 Å². The largest absolute Gasteiger partial charge is 0.326 e. The maximum atomic E-state index is 11.5. The zero-order valence-corrected chi connectivity index (χ0v) is 14.2. The normalized spacial score (nSPS) is 10.3. The molecule has 1 aromatic rings. The number of halogens is 1. The van der Waals surface area contributed by atoms with Gasteiger partial charge in [0.05, 0.1) is 11.4 Å². The monoisotopic (exact) mass is 340 g/mol. The van der Waals surface area contributed by atoms with Gasteiger partial charge in [-0.1, -0.05) is 29.8 Å². The number of carbonyl (C=O) groups excluding carboxylic acids is 2. The minimum atomic E-state index is -0.118. The predicted octanol–water partition coefficient (Wildman–Crippen LogP) is 3.80. The van der Waals surface area contributed by atoms with Gasteiger partial charge in [0.2, 0.25) is 11.8 Å². The second-order valence-electron chi connectivity index (χ2n) is 4.72. The highest BCUT2D eigenvalue weighted by molar-refractivity contribution is 9.10. The summed E-state index contributed by atoms with van der Waals surface area (Å²) < 4.78 is 0.935. The summed E-state index contributed by atoms with van der Waals surface area (Å²) in [6, 6.07) is 0. The van der Waals surface area contributed by atoms with E-state index in [1.54, 1.807) is 0 Å². The maximum absolute atomic E-state index is 11.5. The van der Waals surface area contributed by atoms with E-state index < -0.39 is 0 Å². The van der Waals surface area contributed by atoms with Crippen molar-refractivity contribution in [3.8, 4) is 0 Å². The van der Waals surface area contributed by atoms with Crippen molar-refractivity contribution in [1.82, 2.24) is 0 Å². The Labute approximate surface area is 128 Å². The van der Waals surface area contributed by atoms with Crippen LogP contribution in [-0.4, -0.2) is 11.8 Å². The number of nitrogens with one attached hydrogen (secondary N) is 2. The van der Waals surface area contributed by atoms with Gasteiger partial charge in [0.15, 0.2) is 0 Å². The van der Waals surface area contributed by atoms with E-state index in [1.807, 2.05) is 20.8 Å². The molecule has 0 aromatic heterocycles. The van der Waals surface area contributed by atoms with Gasteiger partial charge in [0.1, 0.15) is 0 Å². The lowest BCUT2D eigenvalue weighted by Gasteiger charge is -2.22. The molecule has 0 saturated heterocycles. The summed E-state index contributed by atoms with van der Waals surface area (Å²) in [4.78, 5) is 22.9. The predicted molar refractivity (Wildman–Crippen MR) is 86.2 cm³/mol. The molecule has 0 aliphatic carbocycles. The lowest BCUT2D eigenvalue weighted by molar-refractivity contribution is -0.115. The standard InChI is InChI=1S/C15H21BrN2O2/c1-6-11-13(16)8(3)14(17-9(4)19)12(7-2)15(11)18-10(5)20/h6-7H2,1-5H3,(H,17,19)(H,18,20). The van der Waals surface area contributed by atoms with E-state index in [2.05, 4.69) is 26.6 Å². The summed E-state index contributed by atoms with van der Waals surface area (Å²) >= 11 is 3.58. The van der Waals surface area contributed by atoms with Gasteiger partial charge in [-0.2, -0.15) is 0 Å².